The maximum Gasteiger partial charge on any atom is 0.270 e. The van der Waals surface area contributed by atoms with E-state index in [1.165, 1.54) is 11.3 Å². The number of hydrogen-bond acceptors (Lipinski definition) is 6. The predicted octanol–water partition coefficient (Wildman–Crippen LogP) is 4.27. The van der Waals surface area contributed by atoms with Crippen molar-refractivity contribution in [1.29, 1.82) is 0 Å². The Morgan fingerprint density at radius 3 is 2.46 bits per heavy atom. The van der Waals surface area contributed by atoms with Crippen LogP contribution in [0.2, 0.25) is 0 Å². The van der Waals surface area contributed by atoms with Crippen molar-refractivity contribution in [3.8, 4) is 11.5 Å². The van der Waals surface area contributed by atoms with Crippen LogP contribution in [0.1, 0.15) is 23.0 Å². The molecule has 0 bridgehead atoms. The van der Waals surface area contributed by atoms with Crippen LogP contribution in [0.3, 0.4) is 0 Å². The lowest BCUT2D eigenvalue weighted by Gasteiger charge is -2.06. The van der Waals surface area contributed by atoms with Gasteiger partial charge in [0.1, 0.15) is 17.2 Å². The van der Waals surface area contributed by atoms with E-state index in [2.05, 4.69) is 15.6 Å². The number of anilines is 2. The number of ether oxygens (including phenoxy) is 2. The second-order valence-electron chi connectivity index (χ2n) is 5.97. The molecule has 28 heavy (non-hydrogen) atoms. The third-order valence-corrected chi connectivity index (χ3v) is 4.77. The molecule has 0 radical (unpaired) electrons. The van der Waals surface area contributed by atoms with Gasteiger partial charge in [-0.25, -0.2) is 4.98 Å². The third-order valence-electron chi connectivity index (χ3n) is 4.01. The Bertz CT molecular complexity index is 892. The Kier molecular flexibility index (Phi) is 6.86. The van der Waals surface area contributed by atoms with Crippen LogP contribution in [-0.4, -0.2) is 31.2 Å². The summed E-state index contributed by atoms with van der Waals surface area (Å²) in [5.74, 6) is 1.47. The lowest BCUT2D eigenvalue weighted by molar-refractivity contribution is 0.0950. The molecule has 0 unspecified atom stereocenters. The smallest absolute Gasteiger partial charge is 0.270 e. The highest BCUT2D eigenvalue weighted by atomic mass is 32.1. The molecular weight excluding hydrogens is 374 g/mol. The molecule has 2 aromatic carbocycles. The summed E-state index contributed by atoms with van der Waals surface area (Å²) in [6.07, 6.45) is 0.747. The lowest BCUT2D eigenvalue weighted by Crippen LogP contribution is -2.25. The van der Waals surface area contributed by atoms with Gasteiger partial charge in [0, 0.05) is 17.6 Å². The molecule has 1 amide bonds. The van der Waals surface area contributed by atoms with Crippen molar-refractivity contribution < 1.29 is 14.3 Å². The molecule has 0 saturated carbocycles. The average molecular weight is 398 g/mol. The van der Waals surface area contributed by atoms with E-state index in [1.807, 2.05) is 55.5 Å². The van der Waals surface area contributed by atoms with Crippen molar-refractivity contribution in [2.24, 2.45) is 0 Å². The Labute approximate surface area is 168 Å². The number of amides is 1. The summed E-state index contributed by atoms with van der Waals surface area (Å²) in [7, 11) is 1.64. The first kappa shape index (κ1) is 19.7. The molecule has 0 aliphatic heterocycles. The molecule has 0 saturated heterocycles. The van der Waals surface area contributed by atoms with Crippen LogP contribution in [0.5, 0.6) is 11.5 Å². The van der Waals surface area contributed by atoms with Crippen LogP contribution in [-0.2, 0) is 6.42 Å². The molecule has 2 N–H and O–H groups in total. The van der Waals surface area contributed by atoms with Gasteiger partial charge in [-0.15, -0.1) is 11.3 Å². The molecule has 7 heteroatoms. The number of methoxy groups -OCH3 is 1. The molecule has 0 aliphatic carbocycles. The minimum atomic E-state index is -0.176. The van der Waals surface area contributed by atoms with Crippen LogP contribution in [0, 0.1) is 0 Å². The van der Waals surface area contributed by atoms with Crippen LogP contribution in [0.15, 0.2) is 53.9 Å². The first-order valence-corrected chi connectivity index (χ1v) is 9.92. The Morgan fingerprint density at radius 2 is 1.79 bits per heavy atom. The number of aromatic nitrogens is 1. The van der Waals surface area contributed by atoms with E-state index in [0.29, 0.717) is 24.0 Å². The molecule has 1 heterocycles. The molecule has 3 rings (SSSR count). The summed E-state index contributed by atoms with van der Waals surface area (Å²) in [6, 6.07) is 15.4. The maximum absolute atomic E-state index is 12.3. The number of nitrogens with zero attached hydrogens (tertiary/aromatic N) is 1. The SMILES string of the molecule is CCOc1ccc(Nc2nc(C(=O)NCCc3ccc(OC)cc3)cs2)cc1. The molecule has 0 aliphatic rings. The highest BCUT2D eigenvalue weighted by Crippen LogP contribution is 2.23. The van der Waals surface area contributed by atoms with Gasteiger partial charge in [0.15, 0.2) is 5.13 Å². The minimum Gasteiger partial charge on any atom is -0.497 e. The average Bonchev–Trinajstić information content (AvgIpc) is 3.19. The van der Waals surface area contributed by atoms with E-state index in [0.717, 1.165) is 29.2 Å². The molecule has 0 spiro atoms. The molecule has 6 nitrogen and oxygen atoms in total. The number of hydrogen-bond donors (Lipinski definition) is 2. The standard InChI is InChI=1S/C21H23N3O3S/c1-3-27-18-10-6-16(7-11-18)23-21-24-19(14-28-21)20(25)22-13-12-15-4-8-17(26-2)9-5-15/h4-11,14H,3,12-13H2,1-2H3,(H,22,25)(H,23,24). The van der Waals surface area contributed by atoms with Crippen molar-refractivity contribution in [1.82, 2.24) is 10.3 Å². The van der Waals surface area contributed by atoms with Gasteiger partial charge in [-0.05, 0) is 55.3 Å². The van der Waals surface area contributed by atoms with Crippen molar-refractivity contribution >= 4 is 28.1 Å². The topological polar surface area (TPSA) is 72.5 Å². The molecule has 0 fully saturated rings. The van der Waals surface area contributed by atoms with Crippen molar-refractivity contribution in [2.45, 2.75) is 13.3 Å². The van der Waals surface area contributed by atoms with Gasteiger partial charge in [0.25, 0.3) is 5.91 Å². The zero-order chi connectivity index (χ0) is 19.8. The molecule has 146 valence electrons. The normalized spacial score (nSPS) is 10.4. The van der Waals surface area contributed by atoms with Gasteiger partial charge in [0.05, 0.1) is 13.7 Å². The summed E-state index contributed by atoms with van der Waals surface area (Å²) in [6.45, 7) is 3.13. The third kappa shape index (κ3) is 5.47. The Morgan fingerprint density at radius 1 is 1.07 bits per heavy atom. The Balaban J connectivity index is 1.49. The minimum absolute atomic E-state index is 0.176. The summed E-state index contributed by atoms with van der Waals surface area (Å²) in [4.78, 5) is 16.6. The zero-order valence-corrected chi connectivity index (χ0v) is 16.7. The van der Waals surface area contributed by atoms with E-state index in [1.54, 1.807) is 12.5 Å². The van der Waals surface area contributed by atoms with E-state index < -0.39 is 0 Å². The lowest BCUT2D eigenvalue weighted by atomic mass is 10.1. The quantitative estimate of drug-likeness (QED) is 0.564. The molecule has 0 atom stereocenters. The molecular formula is C21H23N3O3S. The number of nitrogens with one attached hydrogen (secondary N) is 2. The monoisotopic (exact) mass is 397 g/mol. The predicted molar refractivity (Wildman–Crippen MR) is 112 cm³/mol. The van der Waals surface area contributed by atoms with Gasteiger partial charge in [-0.1, -0.05) is 12.1 Å². The van der Waals surface area contributed by atoms with Crippen molar-refractivity contribution in [2.75, 3.05) is 25.6 Å². The number of rotatable bonds is 9. The number of carbonyl (C=O) groups is 1. The van der Waals surface area contributed by atoms with Gasteiger partial charge < -0.3 is 20.1 Å². The summed E-state index contributed by atoms with van der Waals surface area (Å²) >= 11 is 1.39. The fourth-order valence-corrected chi connectivity index (χ4v) is 3.27. The van der Waals surface area contributed by atoms with Gasteiger partial charge in [-0.2, -0.15) is 0 Å². The zero-order valence-electron chi connectivity index (χ0n) is 15.9. The second-order valence-corrected chi connectivity index (χ2v) is 6.83. The van der Waals surface area contributed by atoms with Crippen LogP contribution >= 0.6 is 11.3 Å². The van der Waals surface area contributed by atoms with E-state index in [4.69, 9.17) is 9.47 Å². The van der Waals surface area contributed by atoms with Crippen LogP contribution in [0.4, 0.5) is 10.8 Å². The first-order valence-electron chi connectivity index (χ1n) is 9.04. The fourth-order valence-electron chi connectivity index (χ4n) is 2.56. The van der Waals surface area contributed by atoms with Gasteiger partial charge in [-0.3, -0.25) is 4.79 Å². The second kappa shape index (κ2) is 9.75. The largest absolute Gasteiger partial charge is 0.497 e. The summed E-state index contributed by atoms with van der Waals surface area (Å²) in [5.41, 5.74) is 2.44. The number of thiazole rings is 1. The summed E-state index contributed by atoms with van der Waals surface area (Å²) in [5, 5.41) is 8.53. The van der Waals surface area contributed by atoms with Crippen molar-refractivity contribution in [3.05, 3.63) is 65.2 Å². The van der Waals surface area contributed by atoms with E-state index in [9.17, 15) is 4.79 Å². The summed E-state index contributed by atoms with van der Waals surface area (Å²) < 4.78 is 10.6. The first-order chi connectivity index (χ1) is 13.7. The number of carbonyl (C=O) groups excluding carboxylic acids is 1. The Hall–Kier alpha value is -3.06. The van der Waals surface area contributed by atoms with Gasteiger partial charge in [0.2, 0.25) is 0 Å². The fraction of sp³-hybridized carbons (Fsp3) is 0.238. The molecule has 3 aromatic rings. The maximum atomic E-state index is 12.3. The van der Waals surface area contributed by atoms with E-state index >= 15 is 0 Å². The highest BCUT2D eigenvalue weighted by molar-refractivity contribution is 7.14. The van der Waals surface area contributed by atoms with Crippen molar-refractivity contribution in [3.63, 3.8) is 0 Å². The van der Waals surface area contributed by atoms with Gasteiger partial charge >= 0.3 is 0 Å². The van der Waals surface area contributed by atoms with E-state index in [-0.39, 0.29) is 5.91 Å². The van der Waals surface area contributed by atoms with Crippen LogP contribution in [0.25, 0.3) is 0 Å². The van der Waals surface area contributed by atoms with Crippen LogP contribution < -0.4 is 20.1 Å². The number of benzene rings is 2. The molecule has 1 aromatic heterocycles. The highest BCUT2D eigenvalue weighted by Gasteiger charge is 2.10.